The van der Waals surface area contributed by atoms with Crippen molar-refractivity contribution in [3.63, 3.8) is 0 Å². The van der Waals surface area contributed by atoms with Gasteiger partial charge in [-0.25, -0.2) is 8.42 Å². The molecule has 1 saturated carbocycles. The van der Waals surface area contributed by atoms with Crippen LogP contribution in [-0.2, 0) is 26.2 Å². The number of hydrogen-bond donors (Lipinski definition) is 1. The molecule has 0 saturated heterocycles. The molecule has 1 aliphatic carbocycles. The molecule has 2 amide bonds. The summed E-state index contributed by atoms with van der Waals surface area (Å²) >= 11 is 0. The summed E-state index contributed by atoms with van der Waals surface area (Å²) in [6.07, 6.45) is 5.85. The van der Waals surface area contributed by atoms with E-state index < -0.39 is 16.1 Å². The van der Waals surface area contributed by atoms with Crippen LogP contribution in [-0.4, -0.2) is 50.0 Å². The number of carbonyl (C=O) groups excluding carboxylic acids is 2. The van der Waals surface area contributed by atoms with Crippen molar-refractivity contribution in [1.29, 1.82) is 0 Å². The zero-order valence-corrected chi connectivity index (χ0v) is 22.7. The summed E-state index contributed by atoms with van der Waals surface area (Å²) in [6, 6.07) is 14.8. The molecule has 196 valence electrons. The van der Waals surface area contributed by atoms with Crippen LogP contribution in [0, 0.1) is 13.8 Å². The Morgan fingerprint density at radius 3 is 2.31 bits per heavy atom. The third-order valence-corrected chi connectivity index (χ3v) is 7.98. The monoisotopic (exact) mass is 513 g/mol. The van der Waals surface area contributed by atoms with Gasteiger partial charge >= 0.3 is 0 Å². The molecule has 0 bridgehead atoms. The van der Waals surface area contributed by atoms with Crippen molar-refractivity contribution in [2.24, 2.45) is 0 Å². The Hall–Kier alpha value is -2.87. The molecular weight excluding hydrogens is 474 g/mol. The Kier molecular flexibility index (Phi) is 9.54. The van der Waals surface area contributed by atoms with Crippen molar-refractivity contribution >= 4 is 27.5 Å². The quantitative estimate of drug-likeness (QED) is 0.485. The number of hydrogen-bond acceptors (Lipinski definition) is 4. The number of aryl methyl sites for hydroxylation is 2. The molecule has 1 fully saturated rings. The van der Waals surface area contributed by atoms with Gasteiger partial charge in [-0.3, -0.25) is 13.9 Å². The molecule has 0 aliphatic heterocycles. The maximum absolute atomic E-state index is 13.4. The van der Waals surface area contributed by atoms with Gasteiger partial charge in [0.15, 0.2) is 0 Å². The average Bonchev–Trinajstić information content (AvgIpc) is 3.33. The number of nitrogens with one attached hydrogen (secondary N) is 1. The molecule has 1 aliphatic rings. The minimum atomic E-state index is -3.50. The van der Waals surface area contributed by atoms with Gasteiger partial charge in [-0.1, -0.05) is 54.8 Å². The molecule has 0 unspecified atom stereocenters. The Morgan fingerprint density at radius 2 is 1.69 bits per heavy atom. The van der Waals surface area contributed by atoms with Gasteiger partial charge in [-0.15, -0.1) is 0 Å². The van der Waals surface area contributed by atoms with Gasteiger partial charge in [-0.2, -0.15) is 0 Å². The second kappa shape index (κ2) is 12.4. The lowest BCUT2D eigenvalue weighted by Gasteiger charge is -2.30. The Morgan fingerprint density at radius 1 is 1.03 bits per heavy atom. The predicted octanol–water partition coefficient (Wildman–Crippen LogP) is 4.33. The van der Waals surface area contributed by atoms with Gasteiger partial charge < -0.3 is 10.2 Å². The number of sulfonamides is 1. The van der Waals surface area contributed by atoms with Crippen LogP contribution in [0.4, 0.5) is 5.69 Å². The molecule has 2 aromatic rings. The summed E-state index contributed by atoms with van der Waals surface area (Å²) in [6.45, 7) is 6.20. The second-order valence-corrected chi connectivity index (χ2v) is 11.9. The second-order valence-electron chi connectivity index (χ2n) is 9.95. The van der Waals surface area contributed by atoms with Crippen LogP contribution in [0.5, 0.6) is 0 Å². The summed E-state index contributed by atoms with van der Waals surface area (Å²) < 4.78 is 26.3. The fourth-order valence-corrected chi connectivity index (χ4v) is 5.61. The Balaban J connectivity index is 1.71. The van der Waals surface area contributed by atoms with Crippen LogP contribution < -0.4 is 9.62 Å². The lowest BCUT2D eigenvalue weighted by molar-refractivity contribution is -0.141. The minimum absolute atomic E-state index is 0.139. The highest BCUT2D eigenvalue weighted by atomic mass is 32.2. The summed E-state index contributed by atoms with van der Waals surface area (Å²) in [5.74, 6) is -0.303. The molecule has 0 radical (unpaired) electrons. The van der Waals surface area contributed by atoms with Crippen LogP contribution in [0.15, 0.2) is 48.5 Å². The zero-order chi connectivity index (χ0) is 26.3. The van der Waals surface area contributed by atoms with E-state index >= 15 is 0 Å². The van der Waals surface area contributed by atoms with Crippen LogP contribution in [0.25, 0.3) is 0 Å². The van der Waals surface area contributed by atoms with Crippen LogP contribution in [0.1, 0.15) is 62.1 Å². The first kappa shape index (κ1) is 27.7. The fraction of sp³-hybridized carbons (Fsp3) is 0.500. The van der Waals surface area contributed by atoms with E-state index in [9.17, 15) is 18.0 Å². The first-order valence-corrected chi connectivity index (χ1v) is 14.6. The molecule has 0 heterocycles. The highest BCUT2D eigenvalue weighted by molar-refractivity contribution is 7.92. The molecule has 0 spiro atoms. The van der Waals surface area contributed by atoms with Crippen molar-refractivity contribution in [3.05, 3.63) is 65.2 Å². The lowest BCUT2D eigenvalue weighted by Crippen LogP contribution is -2.49. The molecule has 3 rings (SSSR count). The zero-order valence-electron chi connectivity index (χ0n) is 21.9. The SMILES string of the molecule is Cc1ccc(CN(C(=O)CCCN(c2cccc(C)c2)S(C)(=O)=O)[C@H](C)C(=O)NC2CCCC2)cc1. The van der Waals surface area contributed by atoms with E-state index in [-0.39, 0.29) is 30.8 Å². The molecular formula is C28H39N3O4S. The molecule has 0 aromatic heterocycles. The smallest absolute Gasteiger partial charge is 0.242 e. The maximum atomic E-state index is 13.4. The molecule has 8 heteroatoms. The number of rotatable bonds is 11. The summed E-state index contributed by atoms with van der Waals surface area (Å²) in [5.41, 5.74) is 3.63. The van der Waals surface area contributed by atoms with E-state index in [2.05, 4.69) is 5.32 Å². The lowest BCUT2D eigenvalue weighted by atomic mass is 10.1. The number of benzene rings is 2. The highest BCUT2D eigenvalue weighted by Gasteiger charge is 2.28. The van der Waals surface area contributed by atoms with Gasteiger partial charge in [-0.05, 0) is 63.3 Å². The third kappa shape index (κ3) is 7.82. The summed E-state index contributed by atoms with van der Waals surface area (Å²) in [5, 5.41) is 3.11. The normalized spacial score (nSPS) is 14.9. The summed E-state index contributed by atoms with van der Waals surface area (Å²) in [7, 11) is -3.50. The summed E-state index contributed by atoms with van der Waals surface area (Å²) in [4.78, 5) is 28.0. The van der Waals surface area contributed by atoms with E-state index in [1.54, 1.807) is 17.9 Å². The van der Waals surface area contributed by atoms with Crippen LogP contribution in [0.3, 0.4) is 0 Å². The number of nitrogens with zero attached hydrogens (tertiary/aromatic N) is 2. The molecule has 36 heavy (non-hydrogen) atoms. The van der Waals surface area contributed by atoms with E-state index in [4.69, 9.17) is 0 Å². The van der Waals surface area contributed by atoms with Gasteiger partial charge in [0.2, 0.25) is 21.8 Å². The van der Waals surface area contributed by atoms with E-state index in [1.807, 2.05) is 56.3 Å². The van der Waals surface area contributed by atoms with E-state index in [0.717, 1.165) is 42.4 Å². The number of amides is 2. The molecule has 1 N–H and O–H groups in total. The fourth-order valence-electron chi connectivity index (χ4n) is 4.65. The Bertz CT molecular complexity index is 1140. The third-order valence-electron chi connectivity index (χ3n) is 6.78. The van der Waals surface area contributed by atoms with Crippen LogP contribution in [0.2, 0.25) is 0 Å². The first-order valence-electron chi connectivity index (χ1n) is 12.7. The Labute approximate surface area is 215 Å². The molecule has 2 aromatic carbocycles. The van der Waals surface area contributed by atoms with Crippen molar-refractivity contribution in [2.45, 2.75) is 77.9 Å². The standard InChI is InChI=1S/C28H39N3O4S/c1-21-14-16-24(17-15-21)20-30(23(3)28(33)29-25-10-5-6-11-25)27(32)13-8-18-31(36(4,34)35)26-12-7-9-22(2)19-26/h7,9,12,14-17,19,23,25H,5-6,8,10-11,13,18,20H2,1-4H3,(H,29,33)/t23-/m1/s1. The largest absolute Gasteiger partial charge is 0.352 e. The maximum Gasteiger partial charge on any atom is 0.242 e. The van der Waals surface area contributed by atoms with Crippen LogP contribution >= 0.6 is 0 Å². The molecule has 1 atom stereocenters. The van der Waals surface area contributed by atoms with E-state index in [1.165, 1.54) is 10.6 Å². The van der Waals surface area contributed by atoms with Crippen molar-refractivity contribution < 1.29 is 18.0 Å². The highest BCUT2D eigenvalue weighted by Crippen LogP contribution is 2.21. The average molecular weight is 514 g/mol. The predicted molar refractivity (Wildman–Crippen MR) is 144 cm³/mol. The van der Waals surface area contributed by atoms with Crippen molar-refractivity contribution in [3.8, 4) is 0 Å². The topological polar surface area (TPSA) is 86.8 Å². The van der Waals surface area contributed by atoms with Crippen molar-refractivity contribution in [2.75, 3.05) is 17.1 Å². The minimum Gasteiger partial charge on any atom is -0.352 e. The van der Waals surface area contributed by atoms with E-state index in [0.29, 0.717) is 18.7 Å². The van der Waals surface area contributed by atoms with Gasteiger partial charge in [0.1, 0.15) is 6.04 Å². The van der Waals surface area contributed by atoms with Gasteiger partial charge in [0, 0.05) is 25.6 Å². The molecule has 7 nitrogen and oxygen atoms in total. The van der Waals surface area contributed by atoms with Crippen molar-refractivity contribution in [1.82, 2.24) is 10.2 Å². The van der Waals surface area contributed by atoms with Gasteiger partial charge in [0.25, 0.3) is 0 Å². The number of carbonyl (C=O) groups is 2. The number of anilines is 1. The van der Waals surface area contributed by atoms with Gasteiger partial charge in [0.05, 0.1) is 11.9 Å². The first-order chi connectivity index (χ1) is 17.0.